The van der Waals surface area contributed by atoms with Crippen LogP contribution in [0.25, 0.3) is 0 Å². The van der Waals surface area contributed by atoms with Gasteiger partial charge in [0.15, 0.2) is 0 Å². The molecule has 0 unspecified atom stereocenters. The number of para-hydroxylation sites is 1. The van der Waals surface area contributed by atoms with Crippen LogP contribution in [0.15, 0.2) is 42.5 Å². The van der Waals surface area contributed by atoms with Crippen LogP contribution in [0.1, 0.15) is 11.1 Å². The molecule has 0 aromatic heterocycles. The third-order valence-corrected chi connectivity index (χ3v) is 2.70. The highest BCUT2D eigenvalue weighted by Crippen LogP contribution is 2.24. The molecule has 2 aromatic carbocycles. The van der Waals surface area contributed by atoms with Crippen molar-refractivity contribution < 1.29 is 9.47 Å². The van der Waals surface area contributed by atoms with Gasteiger partial charge in [0.25, 0.3) is 0 Å². The standard InChI is InChI=1S/C15H14N2O2/c1-18-14-5-3-2-4-11(14)10-19-15-7-6-13(17)8-12(15)9-16/h2-8H,10,17H2,1H3. The first kappa shape index (κ1) is 12.8. The van der Waals surface area contributed by atoms with Crippen molar-refractivity contribution in [2.24, 2.45) is 0 Å². The Balaban J connectivity index is 2.17. The molecule has 0 aliphatic rings. The number of nitrogens with zero attached hydrogens (tertiary/aromatic N) is 1. The summed E-state index contributed by atoms with van der Waals surface area (Å²) in [6, 6.07) is 14.7. The molecule has 0 saturated carbocycles. The third-order valence-electron chi connectivity index (χ3n) is 2.70. The van der Waals surface area contributed by atoms with Crippen molar-refractivity contribution in [2.75, 3.05) is 12.8 Å². The van der Waals surface area contributed by atoms with E-state index in [2.05, 4.69) is 6.07 Å². The van der Waals surface area contributed by atoms with Crippen LogP contribution in [0, 0.1) is 11.3 Å². The van der Waals surface area contributed by atoms with Gasteiger partial charge < -0.3 is 15.2 Å². The molecule has 2 aromatic rings. The van der Waals surface area contributed by atoms with Crippen LogP contribution in [0.5, 0.6) is 11.5 Å². The van der Waals surface area contributed by atoms with E-state index in [4.69, 9.17) is 20.5 Å². The van der Waals surface area contributed by atoms with Crippen molar-refractivity contribution in [3.63, 3.8) is 0 Å². The van der Waals surface area contributed by atoms with Gasteiger partial charge in [0, 0.05) is 11.3 Å². The Morgan fingerprint density at radius 3 is 2.68 bits per heavy atom. The molecule has 0 aliphatic carbocycles. The summed E-state index contributed by atoms with van der Waals surface area (Å²) in [5.74, 6) is 1.28. The number of nitrogens with two attached hydrogens (primary N) is 1. The molecule has 0 fully saturated rings. The second kappa shape index (κ2) is 5.78. The van der Waals surface area contributed by atoms with Crippen molar-refractivity contribution in [3.05, 3.63) is 53.6 Å². The number of hydrogen-bond acceptors (Lipinski definition) is 4. The molecule has 0 saturated heterocycles. The van der Waals surface area contributed by atoms with Crippen molar-refractivity contribution in [1.29, 1.82) is 5.26 Å². The Bertz CT molecular complexity index is 618. The maximum atomic E-state index is 9.03. The van der Waals surface area contributed by atoms with E-state index in [1.807, 2.05) is 24.3 Å². The number of rotatable bonds is 4. The summed E-state index contributed by atoms with van der Waals surface area (Å²) >= 11 is 0. The second-order valence-corrected chi connectivity index (χ2v) is 3.97. The molecule has 0 amide bonds. The van der Waals surface area contributed by atoms with Gasteiger partial charge in [-0.15, -0.1) is 0 Å². The highest BCUT2D eigenvalue weighted by Gasteiger charge is 2.06. The molecule has 0 radical (unpaired) electrons. The number of nitriles is 1. The molecule has 19 heavy (non-hydrogen) atoms. The summed E-state index contributed by atoms with van der Waals surface area (Å²) in [5, 5.41) is 9.03. The van der Waals surface area contributed by atoms with Crippen LogP contribution < -0.4 is 15.2 Å². The fourth-order valence-electron chi connectivity index (χ4n) is 1.74. The number of methoxy groups -OCH3 is 1. The van der Waals surface area contributed by atoms with Crippen molar-refractivity contribution >= 4 is 5.69 Å². The molecule has 0 bridgehead atoms. The summed E-state index contributed by atoms with van der Waals surface area (Å²) in [6.07, 6.45) is 0. The first-order chi connectivity index (χ1) is 9.24. The maximum absolute atomic E-state index is 9.03. The zero-order chi connectivity index (χ0) is 13.7. The van der Waals surface area contributed by atoms with Crippen molar-refractivity contribution in [1.82, 2.24) is 0 Å². The smallest absolute Gasteiger partial charge is 0.137 e. The lowest BCUT2D eigenvalue weighted by molar-refractivity contribution is 0.296. The molecule has 2 N–H and O–H groups in total. The fourth-order valence-corrected chi connectivity index (χ4v) is 1.74. The second-order valence-electron chi connectivity index (χ2n) is 3.97. The molecule has 2 rings (SSSR count). The van der Waals surface area contributed by atoms with Gasteiger partial charge in [0.1, 0.15) is 24.2 Å². The lowest BCUT2D eigenvalue weighted by Crippen LogP contribution is -2.00. The number of benzene rings is 2. The average Bonchev–Trinajstić information content (AvgIpc) is 2.46. The van der Waals surface area contributed by atoms with E-state index in [1.165, 1.54) is 0 Å². The molecule has 0 aliphatic heterocycles. The Hall–Kier alpha value is -2.67. The monoisotopic (exact) mass is 254 g/mol. The maximum Gasteiger partial charge on any atom is 0.137 e. The van der Waals surface area contributed by atoms with Gasteiger partial charge in [0.2, 0.25) is 0 Å². The molecule has 0 atom stereocenters. The number of hydrogen-bond donors (Lipinski definition) is 1. The van der Waals surface area contributed by atoms with Gasteiger partial charge in [-0.3, -0.25) is 0 Å². The third kappa shape index (κ3) is 2.96. The SMILES string of the molecule is COc1ccccc1COc1ccc(N)cc1C#N. The van der Waals surface area contributed by atoms with E-state index in [1.54, 1.807) is 25.3 Å². The Kier molecular flexibility index (Phi) is 3.89. The van der Waals surface area contributed by atoms with Gasteiger partial charge in [0.05, 0.1) is 12.7 Å². The fraction of sp³-hybridized carbons (Fsp3) is 0.133. The van der Waals surface area contributed by atoms with E-state index >= 15 is 0 Å². The summed E-state index contributed by atoms with van der Waals surface area (Å²) in [7, 11) is 1.61. The average molecular weight is 254 g/mol. The van der Waals surface area contributed by atoms with Gasteiger partial charge in [-0.2, -0.15) is 5.26 Å². The van der Waals surface area contributed by atoms with E-state index in [9.17, 15) is 0 Å². The normalized spacial score (nSPS) is 9.68. The van der Waals surface area contributed by atoms with Crippen molar-refractivity contribution in [3.8, 4) is 17.6 Å². The molecular weight excluding hydrogens is 240 g/mol. The minimum absolute atomic E-state index is 0.336. The molecule has 0 heterocycles. The summed E-state index contributed by atoms with van der Waals surface area (Å²) in [5.41, 5.74) is 7.52. The highest BCUT2D eigenvalue weighted by molar-refractivity contribution is 5.53. The molecule has 4 nitrogen and oxygen atoms in total. The zero-order valence-corrected chi connectivity index (χ0v) is 10.6. The van der Waals surface area contributed by atoms with Gasteiger partial charge in [-0.25, -0.2) is 0 Å². The molecule has 96 valence electrons. The van der Waals surface area contributed by atoms with Gasteiger partial charge in [-0.1, -0.05) is 18.2 Å². The Morgan fingerprint density at radius 2 is 1.95 bits per heavy atom. The van der Waals surface area contributed by atoms with E-state index in [-0.39, 0.29) is 0 Å². The minimum atomic E-state index is 0.336. The molecule has 4 heteroatoms. The topological polar surface area (TPSA) is 68.3 Å². The lowest BCUT2D eigenvalue weighted by atomic mass is 10.2. The minimum Gasteiger partial charge on any atom is -0.496 e. The number of nitrogen functional groups attached to an aromatic ring is 1. The van der Waals surface area contributed by atoms with E-state index < -0.39 is 0 Å². The first-order valence-corrected chi connectivity index (χ1v) is 5.79. The molecule has 0 spiro atoms. The van der Waals surface area contributed by atoms with Crippen LogP contribution >= 0.6 is 0 Å². The summed E-state index contributed by atoms with van der Waals surface area (Å²) in [4.78, 5) is 0. The zero-order valence-electron chi connectivity index (χ0n) is 10.6. The van der Waals surface area contributed by atoms with E-state index in [0.717, 1.165) is 11.3 Å². The molecular formula is C15H14N2O2. The predicted octanol–water partition coefficient (Wildman–Crippen LogP) is 2.73. The quantitative estimate of drug-likeness (QED) is 0.852. The van der Waals surface area contributed by atoms with Gasteiger partial charge >= 0.3 is 0 Å². The van der Waals surface area contributed by atoms with Crippen LogP contribution in [-0.2, 0) is 6.61 Å². The Labute approximate surface area is 112 Å². The number of anilines is 1. The largest absolute Gasteiger partial charge is 0.496 e. The number of ether oxygens (including phenoxy) is 2. The van der Waals surface area contributed by atoms with E-state index in [0.29, 0.717) is 23.6 Å². The van der Waals surface area contributed by atoms with Crippen molar-refractivity contribution in [2.45, 2.75) is 6.61 Å². The first-order valence-electron chi connectivity index (χ1n) is 5.79. The summed E-state index contributed by atoms with van der Waals surface area (Å²) < 4.78 is 10.9. The van der Waals surface area contributed by atoms with Gasteiger partial charge in [-0.05, 0) is 24.3 Å². The Morgan fingerprint density at radius 1 is 1.16 bits per heavy atom. The lowest BCUT2D eigenvalue weighted by Gasteiger charge is -2.11. The summed E-state index contributed by atoms with van der Waals surface area (Å²) in [6.45, 7) is 0.336. The van der Waals surface area contributed by atoms with Crippen LogP contribution in [0.4, 0.5) is 5.69 Å². The van der Waals surface area contributed by atoms with Crippen LogP contribution in [0.3, 0.4) is 0 Å². The highest BCUT2D eigenvalue weighted by atomic mass is 16.5. The predicted molar refractivity (Wildman–Crippen MR) is 72.9 cm³/mol. The van der Waals surface area contributed by atoms with Crippen LogP contribution in [-0.4, -0.2) is 7.11 Å². The van der Waals surface area contributed by atoms with Crippen LogP contribution in [0.2, 0.25) is 0 Å².